The molecule has 0 saturated heterocycles. The number of hydrogen-bond donors (Lipinski definition) is 2. The lowest BCUT2D eigenvalue weighted by Crippen LogP contribution is -2.23. The molecule has 3 N–H and O–H groups in total. The zero-order chi connectivity index (χ0) is 14.5. The second-order valence-electron chi connectivity index (χ2n) is 4.39. The van der Waals surface area contributed by atoms with Crippen LogP contribution in [0.4, 0.5) is 5.82 Å². The second kappa shape index (κ2) is 6.59. The first kappa shape index (κ1) is 14.6. The Morgan fingerprint density at radius 1 is 1.35 bits per heavy atom. The van der Waals surface area contributed by atoms with E-state index in [0.29, 0.717) is 10.8 Å². The number of ether oxygens (including phenoxy) is 1. The summed E-state index contributed by atoms with van der Waals surface area (Å²) in [7, 11) is 1.65. The molecule has 0 aliphatic rings. The highest BCUT2D eigenvalue weighted by Gasteiger charge is 2.17. The van der Waals surface area contributed by atoms with Crippen LogP contribution in [0.1, 0.15) is 24.1 Å². The number of nitrogens with one attached hydrogen (secondary N) is 1. The molecule has 2 aromatic rings. The summed E-state index contributed by atoms with van der Waals surface area (Å²) in [6, 6.07) is 9.67. The van der Waals surface area contributed by atoms with Crippen LogP contribution in [0.3, 0.4) is 0 Å². The number of methoxy groups -OCH3 is 1. The van der Waals surface area contributed by atoms with Gasteiger partial charge >= 0.3 is 0 Å². The molecular weight excluding hydrogens is 274 g/mol. The van der Waals surface area contributed by atoms with Crippen LogP contribution in [0.25, 0.3) is 0 Å². The van der Waals surface area contributed by atoms with E-state index in [1.165, 1.54) is 0 Å². The van der Waals surface area contributed by atoms with Crippen molar-refractivity contribution < 1.29 is 4.74 Å². The summed E-state index contributed by atoms with van der Waals surface area (Å²) in [5.74, 6) is 1.30. The first-order valence-electron chi connectivity index (χ1n) is 6.44. The molecule has 20 heavy (non-hydrogen) atoms. The minimum Gasteiger partial charge on any atom is -0.497 e. The molecule has 1 atom stereocenters. The number of anilines is 1. The van der Waals surface area contributed by atoms with Crippen molar-refractivity contribution in [3.05, 3.63) is 52.7 Å². The quantitative estimate of drug-likeness (QED) is 0.889. The van der Waals surface area contributed by atoms with Gasteiger partial charge in [-0.1, -0.05) is 30.7 Å². The van der Waals surface area contributed by atoms with Crippen molar-refractivity contribution in [3.8, 4) is 5.75 Å². The fraction of sp³-hybridized carbons (Fsp3) is 0.267. The van der Waals surface area contributed by atoms with Gasteiger partial charge in [-0.3, -0.25) is 0 Å². The Kier molecular flexibility index (Phi) is 4.82. The Balaban J connectivity index is 2.41. The predicted molar refractivity (Wildman–Crippen MR) is 82.2 cm³/mol. The van der Waals surface area contributed by atoms with E-state index in [1.807, 2.05) is 37.3 Å². The lowest BCUT2D eigenvalue weighted by molar-refractivity contribution is 0.414. The van der Waals surface area contributed by atoms with E-state index in [9.17, 15) is 0 Å². The van der Waals surface area contributed by atoms with Crippen LogP contribution < -0.4 is 15.8 Å². The van der Waals surface area contributed by atoms with Crippen LogP contribution in [-0.4, -0.2) is 18.6 Å². The molecule has 0 amide bonds. The van der Waals surface area contributed by atoms with Crippen molar-refractivity contribution in [2.24, 2.45) is 0 Å². The number of nitrogen functional groups attached to an aromatic ring is 1. The molecule has 1 aromatic heterocycles. The van der Waals surface area contributed by atoms with Crippen LogP contribution in [0, 0.1) is 0 Å². The molecule has 1 heterocycles. The van der Waals surface area contributed by atoms with E-state index in [4.69, 9.17) is 22.1 Å². The molecule has 1 unspecified atom stereocenters. The summed E-state index contributed by atoms with van der Waals surface area (Å²) >= 11 is 6.03. The summed E-state index contributed by atoms with van der Waals surface area (Å²) in [4.78, 5) is 4.12. The van der Waals surface area contributed by atoms with Gasteiger partial charge in [0.2, 0.25) is 0 Å². The summed E-state index contributed by atoms with van der Waals surface area (Å²) in [5, 5.41) is 3.98. The number of pyridine rings is 1. The van der Waals surface area contributed by atoms with Gasteiger partial charge in [0.15, 0.2) is 0 Å². The molecule has 4 nitrogen and oxygen atoms in total. The highest BCUT2D eigenvalue weighted by molar-refractivity contribution is 6.30. The third-order valence-electron chi connectivity index (χ3n) is 3.08. The maximum Gasteiger partial charge on any atom is 0.128 e. The van der Waals surface area contributed by atoms with Crippen LogP contribution in [-0.2, 0) is 0 Å². The van der Waals surface area contributed by atoms with Gasteiger partial charge < -0.3 is 15.8 Å². The Morgan fingerprint density at radius 2 is 2.05 bits per heavy atom. The minimum absolute atomic E-state index is 0.0443. The highest BCUT2D eigenvalue weighted by Crippen LogP contribution is 2.28. The smallest absolute Gasteiger partial charge is 0.128 e. The topological polar surface area (TPSA) is 60.2 Å². The van der Waals surface area contributed by atoms with Crippen molar-refractivity contribution in [2.45, 2.75) is 13.0 Å². The van der Waals surface area contributed by atoms with Crippen molar-refractivity contribution in [3.63, 3.8) is 0 Å². The first-order valence-corrected chi connectivity index (χ1v) is 6.81. The molecule has 0 aliphatic heterocycles. The molecule has 1 aromatic carbocycles. The standard InChI is InChI=1S/C15H18ClN3O/c1-3-18-14(10-4-6-12(20-2)7-5-10)13-8-11(16)9-19-15(13)17/h4-9,14,18H,3H2,1-2H3,(H2,17,19). The molecule has 5 heteroatoms. The Hall–Kier alpha value is -1.78. The number of nitrogens with two attached hydrogens (primary N) is 1. The molecule has 0 saturated carbocycles. The van der Waals surface area contributed by atoms with Crippen LogP contribution in [0.5, 0.6) is 5.75 Å². The average Bonchev–Trinajstić information content (AvgIpc) is 2.48. The number of aromatic nitrogens is 1. The van der Waals surface area contributed by atoms with Crippen LogP contribution in [0.15, 0.2) is 36.5 Å². The molecule has 0 fully saturated rings. The highest BCUT2D eigenvalue weighted by atomic mass is 35.5. The van der Waals surface area contributed by atoms with Crippen molar-refractivity contribution in [2.75, 3.05) is 19.4 Å². The third kappa shape index (κ3) is 3.21. The number of nitrogens with zero attached hydrogens (tertiary/aromatic N) is 1. The van der Waals surface area contributed by atoms with E-state index in [1.54, 1.807) is 13.3 Å². The van der Waals surface area contributed by atoms with E-state index in [0.717, 1.165) is 23.4 Å². The van der Waals surface area contributed by atoms with Crippen molar-refractivity contribution in [1.29, 1.82) is 0 Å². The fourth-order valence-corrected chi connectivity index (χ4v) is 2.27. The predicted octanol–water partition coefficient (Wildman–Crippen LogP) is 3.02. The maximum atomic E-state index is 6.03. The maximum absolute atomic E-state index is 6.03. The molecule has 0 aliphatic carbocycles. The molecule has 2 rings (SSSR count). The molecule has 0 spiro atoms. The number of benzene rings is 1. The Bertz CT molecular complexity index is 572. The largest absolute Gasteiger partial charge is 0.497 e. The first-order chi connectivity index (χ1) is 9.65. The minimum atomic E-state index is -0.0443. The van der Waals surface area contributed by atoms with Gasteiger partial charge in [0, 0.05) is 11.8 Å². The second-order valence-corrected chi connectivity index (χ2v) is 4.83. The number of halogens is 1. The van der Waals surface area contributed by atoms with Crippen molar-refractivity contribution >= 4 is 17.4 Å². The van der Waals surface area contributed by atoms with E-state index >= 15 is 0 Å². The van der Waals surface area contributed by atoms with Gasteiger partial charge in [-0.15, -0.1) is 0 Å². The lowest BCUT2D eigenvalue weighted by Gasteiger charge is -2.20. The van der Waals surface area contributed by atoms with Gasteiger partial charge in [0.1, 0.15) is 11.6 Å². The van der Waals surface area contributed by atoms with Crippen molar-refractivity contribution in [1.82, 2.24) is 10.3 Å². The molecule has 0 bridgehead atoms. The number of rotatable bonds is 5. The van der Waals surface area contributed by atoms with Gasteiger partial charge in [0.25, 0.3) is 0 Å². The molecule has 106 valence electrons. The molecular formula is C15H18ClN3O. The summed E-state index contributed by atoms with van der Waals surface area (Å²) in [6.07, 6.45) is 1.55. The fourth-order valence-electron chi connectivity index (χ4n) is 2.10. The van der Waals surface area contributed by atoms with Gasteiger partial charge in [-0.05, 0) is 30.3 Å². The summed E-state index contributed by atoms with van der Waals surface area (Å²) in [6.45, 7) is 2.85. The zero-order valence-electron chi connectivity index (χ0n) is 11.6. The van der Waals surface area contributed by atoms with Gasteiger partial charge in [0.05, 0.1) is 18.2 Å². The number of hydrogen-bond acceptors (Lipinski definition) is 4. The Morgan fingerprint density at radius 3 is 2.65 bits per heavy atom. The average molecular weight is 292 g/mol. The van der Waals surface area contributed by atoms with Gasteiger partial charge in [-0.25, -0.2) is 4.98 Å². The lowest BCUT2D eigenvalue weighted by atomic mass is 9.99. The zero-order valence-corrected chi connectivity index (χ0v) is 12.3. The summed E-state index contributed by atoms with van der Waals surface area (Å²) < 4.78 is 5.18. The normalized spacial score (nSPS) is 12.2. The SMILES string of the molecule is CCNC(c1ccc(OC)cc1)c1cc(Cl)cnc1N. The van der Waals surface area contributed by atoms with Gasteiger partial charge in [-0.2, -0.15) is 0 Å². The Labute approximate surface area is 123 Å². The monoisotopic (exact) mass is 291 g/mol. The van der Waals surface area contributed by atoms with E-state index in [-0.39, 0.29) is 6.04 Å². The van der Waals surface area contributed by atoms with E-state index < -0.39 is 0 Å². The third-order valence-corrected chi connectivity index (χ3v) is 3.29. The van der Waals surface area contributed by atoms with E-state index in [2.05, 4.69) is 10.3 Å². The molecule has 0 radical (unpaired) electrons. The van der Waals surface area contributed by atoms with Crippen LogP contribution >= 0.6 is 11.6 Å². The summed E-state index contributed by atoms with van der Waals surface area (Å²) in [5.41, 5.74) is 7.95. The van der Waals surface area contributed by atoms with Crippen LogP contribution in [0.2, 0.25) is 5.02 Å².